The highest BCUT2D eigenvalue weighted by molar-refractivity contribution is 7.89. The minimum absolute atomic E-state index is 0.00395. The highest BCUT2D eigenvalue weighted by atomic mass is 35.5. The lowest BCUT2D eigenvalue weighted by molar-refractivity contribution is -0.896. The van der Waals surface area contributed by atoms with E-state index in [9.17, 15) is 17.6 Å². The summed E-state index contributed by atoms with van der Waals surface area (Å²) in [5.74, 6) is 0.0517. The van der Waals surface area contributed by atoms with Gasteiger partial charge in [0.2, 0.25) is 10.0 Å². The monoisotopic (exact) mass is 418 g/mol. The summed E-state index contributed by atoms with van der Waals surface area (Å²) < 4.78 is 40.1. The van der Waals surface area contributed by atoms with Gasteiger partial charge in [0.15, 0.2) is 6.54 Å². The van der Waals surface area contributed by atoms with Crippen molar-refractivity contribution in [1.29, 1.82) is 0 Å². The molecule has 2 fully saturated rings. The first-order valence-electron chi connectivity index (χ1n) is 9.34. The predicted molar refractivity (Wildman–Crippen MR) is 101 cm³/mol. The van der Waals surface area contributed by atoms with Crippen molar-refractivity contribution >= 4 is 27.5 Å². The molecule has 2 aliphatic rings. The number of hydrogen-bond acceptors (Lipinski definition) is 3. The molecule has 1 atom stereocenters. The molecule has 0 bridgehead atoms. The number of sulfonamides is 1. The SMILES string of the molecule is C[C@H]1CCCN(C(=O)C[NH+]2CCN(S(=O)(=O)c3ccc(F)c(Cl)c3)CC2)C1. The maximum Gasteiger partial charge on any atom is 0.277 e. The number of rotatable bonds is 4. The molecular weight excluding hydrogens is 393 g/mol. The van der Waals surface area contributed by atoms with Gasteiger partial charge in [-0.25, -0.2) is 12.8 Å². The number of quaternary nitrogens is 1. The van der Waals surface area contributed by atoms with Crippen molar-refractivity contribution < 1.29 is 22.5 Å². The Hall–Kier alpha value is -1.22. The lowest BCUT2D eigenvalue weighted by atomic mass is 10.0. The first-order chi connectivity index (χ1) is 12.8. The molecule has 1 aromatic rings. The van der Waals surface area contributed by atoms with Crippen LogP contribution in [0.15, 0.2) is 23.1 Å². The first kappa shape index (κ1) is 20.5. The van der Waals surface area contributed by atoms with Crippen LogP contribution in [0.5, 0.6) is 0 Å². The fourth-order valence-corrected chi connectivity index (χ4v) is 5.46. The summed E-state index contributed by atoms with van der Waals surface area (Å²) in [7, 11) is -3.71. The number of likely N-dealkylation sites (tertiary alicyclic amines) is 1. The number of benzene rings is 1. The molecule has 27 heavy (non-hydrogen) atoms. The van der Waals surface area contributed by atoms with Crippen LogP contribution in [0.4, 0.5) is 4.39 Å². The first-order valence-corrected chi connectivity index (χ1v) is 11.2. The van der Waals surface area contributed by atoms with Crippen molar-refractivity contribution in [3.8, 4) is 0 Å². The van der Waals surface area contributed by atoms with Crippen molar-refractivity contribution in [2.45, 2.75) is 24.7 Å². The zero-order valence-electron chi connectivity index (χ0n) is 15.5. The molecule has 9 heteroatoms. The number of piperazine rings is 1. The van der Waals surface area contributed by atoms with Crippen molar-refractivity contribution in [3.63, 3.8) is 0 Å². The molecule has 3 rings (SSSR count). The van der Waals surface area contributed by atoms with E-state index in [0.29, 0.717) is 38.6 Å². The predicted octanol–water partition coefficient (Wildman–Crippen LogP) is 0.627. The standard InChI is InChI=1S/C18H25ClFN3O3S/c1-14-3-2-6-22(12-14)18(24)13-21-7-9-23(10-8-21)27(25,26)15-4-5-17(20)16(19)11-15/h4-5,11,14H,2-3,6-10,12-13H2,1H3/p+1/t14-/m0/s1. The lowest BCUT2D eigenvalue weighted by Crippen LogP contribution is -3.15. The average molecular weight is 419 g/mol. The van der Waals surface area contributed by atoms with Crippen molar-refractivity contribution in [1.82, 2.24) is 9.21 Å². The fourth-order valence-electron chi connectivity index (χ4n) is 3.75. The largest absolute Gasteiger partial charge is 0.338 e. The number of amides is 1. The van der Waals surface area contributed by atoms with Gasteiger partial charge in [-0.2, -0.15) is 4.31 Å². The summed E-state index contributed by atoms with van der Waals surface area (Å²) in [4.78, 5) is 15.5. The zero-order chi connectivity index (χ0) is 19.6. The molecule has 0 saturated carbocycles. The zero-order valence-corrected chi connectivity index (χ0v) is 17.0. The fraction of sp³-hybridized carbons (Fsp3) is 0.611. The Morgan fingerprint density at radius 3 is 2.63 bits per heavy atom. The summed E-state index contributed by atoms with van der Waals surface area (Å²) in [6.45, 7) is 6.01. The lowest BCUT2D eigenvalue weighted by Gasteiger charge is -2.34. The Kier molecular flexibility index (Phi) is 6.40. The highest BCUT2D eigenvalue weighted by Crippen LogP contribution is 2.22. The average Bonchev–Trinajstić information content (AvgIpc) is 2.64. The summed E-state index contributed by atoms with van der Waals surface area (Å²) >= 11 is 5.72. The maximum absolute atomic E-state index is 13.3. The van der Waals surface area contributed by atoms with E-state index in [1.54, 1.807) is 0 Å². The van der Waals surface area contributed by atoms with E-state index in [0.717, 1.165) is 36.5 Å². The molecule has 0 unspecified atom stereocenters. The maximum atomic E-state index is 13.3. The van der Waals surface area contributed by atoms with Gasteiger partial charge in [-0.1, -0.05) is 18.5 Å². The molecule has 1 N–H and O–H groups in total. The van der Waals surface area contributed by atoms with E-state index >= 15 is 0 Å². The number of halogens is 2. The van der Waals surface area contributed by atoms with E-state index in [-0.39, 0.29) is 15.8 Å². The number of nitrogens with one attached hydrogen (secondary N) is 1. The Morgan fingerprint density at radius 1 is 1.30 bits per heavy atom. The molecule has 1 aromatic carbocycles. The van der Waals surface area contributed by atoms with Crippen LogP contribution in [0.1, 0.15) is 19.8 Å². The van der Waals surface area contributed by atoms with Gasteiger partial charge in [-0.3, -0.25) is 4.79 Å². The quantitative estimate of drug-likeness (QED) is 0.780. The summed E-state index contributed by atoms with van der Waals surface area (Å²) in [6, 6.07) is 3.44. The van der Waals surface area contributed by atoms with Gasteiger partial charge in [0.25, 0.3) is 5.91 Å². The minimum atomic E-state index is -3.71. The van der Waals surface area contributed by atoms with Crippen LogP contribution in [-0.2, 0) is 14.8 Å². The van der Waals surface area contributed by atoms with E-state index in [1.165, 1.54) is 16.8 Å². The van der Waals surface area contributed by atoms with Gasteiger partial charge in [-0.15, -0.1) is 0 Å². The van der Waals surface area contributed by atoms with Crippen LogP contribution in [0.25, 0.3) is 0 Å². The third kappa shape index (κ3) is 4.80. The molecule has 0 spiro atoms. The molecule has 0 radical (unpaired) electrons. The van der Waals surface area contributed by atoms with E-state index < -0.39 is 15.8 Å². The summed E-state index contributed by atoms with van der Waals surface area (Å²) in [5, 5.41) is -0.207. The Morgan fingerprint density at radius 2 is 2.00 bits per heavy atom. The Bertz CT molecular complexity index is 797. The van der Waals surface area contributed by atoms with Gasteiger partial charge >= 0.3 is 0 Å². The smallest absolute Gasteiger partial charge is 0.277 e. The molecule has 150 valence electrons. The third-order valence-electron chi connectivity index (χ3n) is 5.37. The van der Waals surface area contributed by atoms with E-state index in [2.05, 4.69) is 6.92 Å². The number of carbonyl (C=O) groups is 1. The van der Waals surface area contributed by atoms with Gasteiger partial charge in [-0.05, 0) is 37.0 Å². The summed E-state index contributed by atoms with van der Waals surface area (Å²) in [5.41, 5.74) is 0. The molecule has 2 saturated heterocycles. The molecule has 6 nitrogen and oxygen atoms in total. The van der Waals surface area contributed by atoms with Crippen LogP contribution < -0.4 is 4.90 Å². The van der Waals surface area contributed by atoms with E-state index in [1.807, 2.05) is 4.90 Å². The molecular formula is C18H26ClFN3O3S+. The van der Waals surface area contributed by atoms with E-state index in [4.69, 9.17) is 11.6 Å². The van der Waals surface area contributed by atoms with Crippen molar-refractivity contribution in [2.75, 3.05) is 45.8 Å². The Labute approximate surface area is 164 Å². The minimum Gasteiger partial charge on any atom is -0.338 e. The number of nitrogens with zero attached hydrogens (tertiary/aromatic N) is 2. The second kappa shape index (κ2) is 8.43. The molecule has 2 heterocycles. The molecule has 0 aromatic heterocycles. The second-order valence-electron chi connectivity index (χ2n) is 7.49. The van der Waals surface area contributed by atoms with Crippen LogP contribution in [0.3, 0.4) is 0 Å². The second-order valence-corrected chi connectivity index (χ2v) is 9.84. The molecule has 2 aliphatic heterocycles. The van der Waals surface area contributed by atoms with Gasteiger partial charge < -0.3 is 9.80 Å². The van der Waals surface area contributed by atoms with Crippen molar-refractivity contribution in [2.24, 2.45) is 5.92 Å². The topological polar surface area (TPSA) is 62.1 Å². The van der Waals surface area contributed by atoms with Crippen LogP contribution in [0.2, 0.25) is 5.02 Å². The van der Waals surface area contributed by atoms with Gasteiger partial charge in [0.05, 0.1) is 36.1 Å². The van der Waals surface area contributed by atoms with Gasteiger partial charge in [0.1, 0.15) is 5.82 Å². The number of piperidine rings is 1. The van der Waals surface area contributed by atoms with Crippen LogP contribution >= 0.6 is 11.6 Å². The Balaban J connectivity index is 1.56. The van der Waals surface area contributed by atoms with Gasteiger partial charge in [0, 0.05) is 13.1 Å². The molecule has 0 aliphatic carbocycles. The van der Waals surface area contributed by atoms with Crippen LogP contribution in [0, 0.1) is 11.7 Å². The number of hydrogen-bond donors (Lipinski definition) is 1. The van der Waals surface area contributed by atoms with Crippen LogP contribution in [-0.4, -0.2) is 69.3 Å². The number of carbonyl (C=O) groups excluding carboxylic acids is 1. The summed E-state index contributed by atoms with van der Waals surface area (Å²) in [6.07, 6.45) is 2.22. The normalized spacial score (nSPS) is 22.8. The highest BCUT2D eigenvalue weighted by Gasteiger charge is 2.32. The molecule has 1 amide bonds. The van der Waals surface area contributed by atoms with Crippen molar-refractivity contribution in [3.05, 3.63) is 29.0 Å². The third-order valence-corrected chi connectivity index (χ3v) is 7.55.